The van der Waals surface area contributed by atoms with E-state index in [1.165, 1.54) is 0 Å². The van der Waals surface area contributed by atoms with Crippen LogP contribution in [0.15, 0.2) is 0 Å². The summed E-state index contributed by atoms with van der Waals surface area (Å²) in [4.78, 5) is 33.4. The minimum atomic E-state index is -0.412. The van der Waals surface area contributed by atoms with E-state index >= 15 is 0 Å². The highest BCUT2D eigenvalue weighted by molar-refractivity contribution is 5.90. The van der Waals surface area contributed by atoms with Crippen molar-refractivity contribution < 1.29 is 19.1 Å². The molecule has 0 aromatic rings. The summed E-state index contributed by atoms with van der Waals surface area (Å²) < 4.78 is 4.75. The molecule has 1 aliphatic rings. The molecule has 0 spiro atoms. The fourth-order valence-electron chi connectivity index (χ4n) is 1.61. The fraction of sp³-hybridized carbons (Fsp3) is 0.727. The van der Waals surface area contributed by atoms with Crippen LogP contribution in [0.4, 0.5) is 0 Å². The number of ether oxygens (including phenoxy) is 1. The number of esters is 1. The summed E-state index contributed by atoms with van der Waals surface area (Å²) in [7, 11) is 0. The van der Waals surface area contributed by atoms with Gasteiger partial charge in [0.1, 0.15) is 6.04 Å². The zero-order valence-corrected chi connectivity index (χ0v) is 9.95. The van der Waals surface area contributed by atoms with Crippen molar-refractivity contribution >= 4 is 17.8 Å². The number of rotatable bonds is 6. The molecule has 17 heavy (non-hydrogen) atoms. The van der Waals surface area contributed by atoms with E-state index in [4.69, 9.17) is 4.74 Å². The van der Waals surface area contributed by atoms with Gasteiger partial charge in [0, 0.05) is 19.4 Å². The first kappa shape index (κ1) is 13.5. The summed E-state index contributed by atoms with van der Waals surface area (Å²) in [5.74, 6) is -0.521. The number of carbonyl (C=O) groups is 3. The van der Waals surface area contributed by atoms with Crippen LogP contribution in [0.2, 0.25) is 0 Å². The van der Waals surface area contributed by atoms with Crippen molar-refractivity contribution in [2.75, 3.05) is 13.2 Å². The number of hydrogen-bond donors (Lipinski definition) is 2. The first-order valence-corrected chi connectivity index (χ1v) is 5.86. The van der Waals surface area contributed by atoms with Gasteiger partial charge in [-0.3, -0.25) is 14.4 Å². The van der Waals surface area contributed by atoms with Gasteiger partial charge in [0.2, 0.25) is 11.8 Å². The highest BCUT2D eigenvalue weighted by atomic mass is 16.5. The topological polar surface area (TPSA) is 84.5 Å². The van der Waals surface area contributed by atoms with E-state index < -0.39 is 6.04 Å². The van der Waals surface area contributed by atoms with Gasteiger partial charge in [-0.15, -0.1) is 0 Å². The second-order valence-corrected chi connectivity index (χ2v) is 3.86. The molecule has 2 N–H and O–H groups in total. The maximum atomic E-state index is 11.5. The van der Waals surface area contributed by atoms with Crippen LogP contribution < -0.4 is 10.6 Å². The highest BCUT2D eigenvalue weighted by Crippen LogP contribution is 2.06. The zero-order valence-electron chi connectivity index (χ0n) is 9.95. The first-order valence-electron chi connectivity index (χ1n) is 5.86. The van der Waals surface area contributed by atoms with Gasteiger partial charge in [-0.2, -0.15) is 0 Å². The van der Waals surface area contributed by atoms with E-state index in [-0.39, 0.29) is 17.8 Å². The molecule has 1 aliphatic heterocycles. The SMILES string of the molecule is CCOC(=O)CCCNC(=O)[C@H]1CCC(=O)N1. The quantitative estimate of drug-likeness (QED) is 0.496. The molecular formula is C11H18N2O4. The predicted molar refractivity (Wildman–Crippen MR) is 60.0 cm³/mol. The van der Waals surface area contributed by atoms with Crippen LogP contribution in [0.5, 0.6) is 0 Å². The maximum Gasteiger partial charge on any atom is 0.305 e. The van der Waals surface area contributed by atoms with Crippen molar-refractivity contribution in [3.63, 3.8) is 0 Å². The standard InChI is InChI=1S/C11H18N2O4/c1-2-17-10(15)4-3-7-12-11(16)8-5-6-9(14)13-8/h8H,2-7H2,1H3,(H,12,16)(H,13,14)/t8-/m1/s1. The molecule has 0 bridgehead atoms. The molecule has 6 heteroatoms. The summed E-state index contributed by atoms with van der Waals surface area (Å²) in [5, 5.41) is 5.26. The molecule has 96 valence electrons. The lowest BCUT2D eigenvalue weighted by atomic mass is 10.2. The number of amides is 2. The lowest BCUT2D eigenvalue weighted by Crippen LogP contribution is -2.41. The molecular weight excluding hydrogens is 224 g/mol. The van der Waals surface area contributed by atoms with Gasteiger partial charge in [-0.05, 0) is 19.8 Å². The van der Waals surface area contributed by atoms with Crippen LogP contribution in [0.1, 0.15) is 32.6 Å². The average Bonchev–Trinajstić information content (AvgIpc) is 2.71. The Labute approximate surface area is 100 Å². The number of hydrogen-bond acceptors (Lipinski definition) is 4. The van der Waals surface area contributed by atoms with Crippen LogP contribution >= 0.6 is 0 Å². The van der Waals surface area contributed by atoms with Gasteiger partial charge < -0.3 is 15.4 Å². The monoisotopic (exact) mass is 242 g/mol. The van der Waals surface area contributed by atoms with Crippen LogP contribution in [0, 0.1) is 0 Å². The molecule has 0 aromatic heterocycles. The van der Waals surface area contributed by atoms with Crippen LogP contribution in [-0.4, -0.2) is 37.0 Å². The van der Waals surface area contributed by atoms with E-state index in [2.05, 4.69) is 10.6 Å². The third-order valence-corrected chi connectivity index (χ3v) is 2.47. The van der Waals surface area contributed by atoms with Gasteiger partial charge >= 0.3 is 5.97 Å². The summed E-state index contributed by atoms with van der Waals surface area (Å²) in [6, 6.07) is -0.412. The summed E-state index contributed by atoms with van der Waals surface area (Å²) in [6.45, 7) is 2.55. The third-order valence-electron chi connectivity index (χ3n) is 2.47. The molecule has 0 saturated carbocycles. The third kappa shape index (κ3) is 4.84. The van der Waals surface area contributed by atoms with E-state index in [9.17, 15) is 14.4 Å². The van der Waals surface area contributed by atoms with E-state index in [1.807, 2.05) is 0 Å². The molecule has 0 aromatic carbocycles. The zero-order chi connectivity index (χ0) is 12.7. The molecule has 1 saturated heterocycles. The molecule has 1 fully saturated rings. The Morgan fingerprint density at radius 2 is 2.29 bits per heavy atom. The second-order valence-electron chi connectivity index (χ2n) is 3.86. The Hall–Kier alpha value is -1.59. The lowest BCUT2D eigenvalue weighted by molar-refractivity contribution is -0.143. The molecule has 0 unspecified atom stereocenters. The Kier molecular flexibility index (Phi) is 5.45. The fourth-order valence-corrected chi connectivity index (χ4v) is 1.61. The Balaban J connectivity index is 2.08. The Morgan fingerprint density at radius 1 is 1.53 bits per heavy atom. The summed E-state index contributed by atoms with van der Waals surface area (Å²) >= 11 is 0. The van der Waals surface area contributed by atoms with Crippen LogP contribution in [0.25, 0.3) is 0 Å². The van der Waals surface area contributed by atoms with E-state index in [0.29, 0.717) is 38.8 Å². The highest BCUT2D eigenvalue weighted by Gasteiger charge is 2.26. The van der Waals surface area contributed by atoms with Gasteiger partial charge in [0.15, 0.2) is 0 Å². The van der Waals surface area contributed by atoms with Crippen molar-refractivity contribution in [2.45, 2.75) is 38.6 Å². The largest absolute Gasteiger partial charge is 0.466 e. The van der Waals surface area contributed by atoms with Crippen molar-refractivity contribution in [1.29, 1.82) is 0 Å². The van der Waals surface area contributed by atoms with E-state index in [1.54, 1.807) is 6.92 Å². The summed E-state index contributed by atoms with van der Waals surface area (Å²) in [6.07, 6.45) is 1.79. The molecule has 0 aliphatic carbocycles. The summed E-state index contributed by atoms with van der Waals surface area (Å²) in [5.41, 5.74) is 0. The Morgan fingerprint density at radius 3 is 2.88 bits per heavy atom. The van der Waals surface area contributed by atoms with Gasteiger partial charge in [0.25, 0.3) is 0 Å². The van der Waals surface area contributed by atoms with Crippen molar-refractivity contribution in [2.24, 2.45) is 0 Å². The number of nitrogens with one attached hydrogen (secondary N) is 2. The first-order chi connectivity index (χ1) is 8.13. The molecule has 0 radical (unpaired) electrons. The van der Waals surface area contributed by atoms with Gasteiger partial charge in [-0.25, -0.2) is 0 Å². The normalized spacial score (nSPS) is 18.6. The molecule has 1 rings (SSSR count). The van der Waals surface area contributed by atoms with Gasteiger partial charge in [-0.1, -0.05) is 0 Å². The number of carbonyl (C=O) groups excluding carboxylic acids is 3. The Bertz CT molecular complexity index is 304. The molecule has 1 atom stereocenters. The maximum absolute atomic E-state index is 11.5. The van der Waals surface area contributed by atoms with E-state index in [0.717, 1.165) is 0 Å². The minimum absolute atomic E-state index is 0.0864. The second kappa shape index (κ2) is 6.88. The van der Waals surface area contributed by atoms with Gasteiger partial charge in [0.05, 0.1) is 6.61 Å². The predicted octanol–water partition coefficient (Wildman–Crippen LogP) is -0.275. The van der Waals surface area contributed by atoms with Crippen molar-refractivity contribution in [3.8, 4) is 0 Å². The average molecular weight is 242 g/mol. The minimum Gasteiger partial charge on any atom is -0.466 e. The lowest BCUT2D eigenvalue weighted by Gasteiger charge is -2.10. The smallest absolute Gasteiger partial charge is 0.305 e. The van der Waals surface area contributed by atoms with Crippen molar-refractivity contribution in [3.05, 3.63) is 0 Å². The van der Waals surface area contributed by atoms with Crippen LogP contribution in [-0.2, 0) is 19.1 Å². The van der Waals surface area contributed by atoms with Crippen LogP contribution in [0.3, 0.4) is 0 Å². The molecule has 1 heterocycles. The van der Waals surface area contributed by atoms with Crippen molar-refractivity contribution in [1.82, 2.24) is 10.6 Å². The molecule has 2 amide bonds. The molecule has 6 nitrogen and oxygen atoms in total.